The summed E-state index contributed by atoms with van der Waals surface area (Å²) in [6.45, 7) is 6.37. The lowest BCUT2D eigenvalue weighted by Crippen LogP contribution is -2.09. The molecule has 0 aliphatic heterocycles. The Balaban J connectivity index is 2.09. The van der Waals surface area contributed by atoms with Crippen molar-refractivity contribution in [2.75, 3.05) is 0 Å². The van der Waals surface area contributed by atoms with Gasteiger partial charge in [-0.15, -0.1) is 0 Å². The summed E-state index contributed by atoms with van der Waals surface area (Å²) in [5.74, 6) is 1.79. The molecule has 2 rings (SSSR count). The predicted octanol–water partition coefficient (Wildman–Crippen LogP) is 3.31. The third-order valence-corrected chi connectivity index (χ3v) is 3.26. The molecule has 2 aliphatic rings. The van der Waals surface area contributed by atoms with Crippen molar-refractivity contribution in [1.29, 1.82) is 0 Å². The molecule has 0 saturated heterocycles. The highest BCUT2D eigenvalue weighted by Crippen LogP contribution is 2.47. The van der Waals surface area contributed by atoms with Crippen LogP contribution >= 0.6 is 0 Å². The van der Waals surface area contributed by atoms with Gasteiger partial charge in [0.1, 0.15) is 0 Å². The number of hydrogen-bond donors (Lipinski definition) is 0. The zero-order chi connectivity index (χ0) is 7.84. The minimum Gasteiger partial charge on any atom is -0.0996 e. The predicted molar refractivity (Wildman–Crippen MR) is 48.3 cm³/mol. The Morgan fingerprint density at radius 2 is 2.45 bits per heavy atom. The highest BCUT2D eigenvalue weighted by Gasteiger charge is 2.34. The van der Waals surface area contributed by atoms with E-state index in [1.807, 2.05) is 0 Å². The van der Waals surface area contributed by atoms with Crippen LogP contribution in [0.3, 0.4) is 0 Å². The molecule has 1 fully saturated rings. The molecule has 0 radical (unpaired) electrons. The molecular formula is C11H16. The van der Waals surface area contributed by atoms with E-state index in [-0.39, 0.29) is 0 Å². The highest BCUT2D eigenvalue weighted by molar-refractivity contribution is 5.24. The van der Waals surface area contributed by atoms with Crippen molar-refractivity contribution in [1.82, 2.24) is 0 Å². The van der Waals surface area contributed by atoms with Crippen molar-refractivity contribution in [2.45, 2.75) is 32.6 Å². The molecule has 0 amide bonds. The maximum atomic E-state index is 4.15. The second kappa shape index (κ2) is 2.51. The SMILES string of the molecule is C=C(CC)C1CC2=CCC1C2. The molecule has 0 heteroatoms. The van der Waals surface area contributed by atoms with Crippen molar-refractivity contribution in [3.63, 3.8) is 0 Å². The summed E-state index contributed by atoms with van der Waals surface area (Å²) in [5.41, 5.74) is 3.19. The van der Waals surface area contributed by atoms with Crippen molar-refractivity contribution in [3.8, 4) is 0 Å². The van der Waals surface area contributed by atoms with Crippen LogP contribution in [0.4, 0.5) is 0 Å². The van der Waals surface area contributed by atoms with Crippen LogP contribution in [0.25, 0.3) is 0 Å². The van der Waals surface area contributed by atoms with Gasteiger partial charge in [-0.05, 0) is 37.5 Å². The molecule has 2 aliphatic carbocycles. The van der Waals surface area contributed by atoms with E-state index < -0.39 is 0 Å². The van der Waals surface area contributed by atoms with Gasteiger partial charge in [-0.25, -0.2) is 0 Å². The summed E-state index contributed by atoms with van der Waals surface area (Å²) >= 11 is 0. The Kier molecular flexibility index (Phi) is 1.63. The Morgan fingerprint density at radius 1 is 1.64 bits per heavy atom. The molecule has 0 nitrogen and oxygen atoms in total. The first-order valence-electron chi connectivity index (χ1n) is 4.66. The maximum Gasteiger partial charge on any atom is -0.0134 e. The number of fused-ring (bicyclic) bond motifs is 2. The summed E-state index contributed by atoms with van der Waals surface area (Å²) in [6.07, 6.45) is 7.65. The van der Waals surface area contributed by atoms with Crippen LogP contribution in [0, 0.1) is 11.8 Å². The molecule has 2 atom stereocenters. The molecule has 60 valence electrons. The third kappa shape index (κ3) is 1.05. The fourth-order valence-electron chi connectivity index (χ4n) is 2.48. The second-order valence-corrected chi connectivity index (χ2v) is 3.88. The van der Waals surface area contributed by atoms with Gasteiger partial charge >= 0.3 is 0 Å². The molecule has 11 heavy (non-hydrogen) atoms. The largest absolute Gasteiger partial charge is 0.0996 e. The van der Waals surface area contributed by atoms with Gasteiger partial charge in [-0.3, -0.25) is 0 Å². The molecule has 0 aromatic carbocycles. The van der Waals surface area contributed by atoms with E-state index >= 15 is 0 Å². The van der Waals surface area contributed by atoms with E-state index in [1.54, 1.807) is 5.57 Å². The maximum absolute atomic E-state index is 4.15. The van der Waals surface area contributed by atoms with Crippen molar-refractivity contribution in [3.05, 3.63) is 23.8 Å². The van der Waals surface area contributed by atoms with E-state index in [9.17, 15) is 0 Å². The van der Waals surface area contributed by atoms with Gasteiger partial charge in [-0.2, -0.15) is 0 Å². The molecule has 0 aromatic heterocycles. The smallest absolute Gasteiger partial charge is 0.0134 e. The van der Waals surface area contributed by atoms with E-state index in [0.717, 1.165) is 11.8 Å². The standard InChI is InChI=1S/C11H16/c1-3-8(2)11-7-9-4-5-10(11)6-9/h4,10-11H,2-3,5-7H2,1H3. The minimum atomic E-state index is 0.847. The van der Waals surface area contributed by atoms with Gasteiger partial charge in [0, 0.05) is 0 Å². The number of hydrogen-bond acceptors (Lipinski definition) is 0. The first-order chi connectivity index (χ1) is 5.31. The van der Waals surface area contributed by atoms with Crippen LogP contribution in [0.5, 0.6) is 0 Å². The fraction of sp³-hybridized carbons (Fsp3) is 0.636. The fourth-order valence-corrected chi connectivity index (χ4v) is 2.48. The molecule has 1 saturated carbocycles. The van der Waals surface area contributed by atoms with E-state index in [2.05, 4.69) is 19.6 Å². The van der Waals surface area contributed by atoms with E-state index in [0.29, 0.717) is 0 Å². The Hall–Kier alpha value is -0.520. The summed E-state index contributed by atoms with van der Waals surface area (Å²) in [4.78, 5) is 0. The van der Waals surface area contributed by atoms with Gasteiger partial charge in [0.25, 0.3) is 0 Å². The van der Waals surface area contributed by atoms with Crippen LogP contribution in [0.1, 0.15) is 32.6 Å². The summed E-state index contributed by atoms with van der Waals surface area (Å²) in [7, 11) is 0. The molecule has 0 heterocycles. The van der Waals surface area contributed by atoms with Crippen molar-refractivity contribution >= 4 is 0 Å². The zero-order valence-corrected chi connectivity index (χ0v) is 7.27. The Morgan fingerprint density at radius 3 is 2.91 bits per heavy atom. The van der Waals surface area contributed by atoms with E-state index in [4.69, 9.17) is 0 Å². The first kappa shape index (κ1) is 7.15. The first-order valence-corrected chi connectivity index (χ1v) is 4.66. The molecule has 0 spiro atoms. The Bertz CT molecular complexity index is 210. The summed E-state index contributed by atoms with van der Waals surface area (Å²) in [6, 6.07) is 0. The average Bonchev–Trinajstić information content (AvgIpc) is 2.62. The van der Waals surface area contributed by atoms with Gasteiger partial charge < -0.3 is 0 Å². The average molecular weight is 148 g/mol. The molecule has 0 aromatic rings. The van der Waals surface area contributed by atoms with Crippen molar-refractivity contribution in [2.24, 2.45) is 11.8 Å². The number of allylic oxidation sites excluding steroid dienone is 3. The quantitative estimate of drug-likeness (QED) is 0.527. The molecular weight excluding hydrogens is 132 g/mol. The minimum absolute atomic E-state index is 0.847. The topological polar surface area (TPSA) is 0 Å². The lowest BCUT2D eigenvalue weighted by atomic mass is 9.85. The Labute approximate surface area is 69.0 Å². The van der Waals surface area contributed by atoms with Crippen LogP contribution in [-0.4, -0.2) is 0 Å². The van der Waals surface area contributed by atoms with Crippen LogP contribution in [0.15, 0.2) is 23.8 Å². The van der Waals surface area contributed by atoms with Gasteiger partial charge in [0.15, 0.2) is 0 Å². The second-order valence-electron chi connectivity index (χ2n) is 3.88. The lowest BCUT2D eigenvalue weighted by Gasteiger charge is -2.20. The summed E-state index contributed by atoms with van der Waals surface area (Å²) in [5, 5.41) is 0. The zero-order valence-electron chi connectivity index (χ0n) is 7.27. The van der Waals surface area contributed by atoms with Crippen LogP contribution in [-0.2, 0) is 0 Å². The molecule has 0 N–H and O–H groups in total. The van der Waals surface area contributed by atoms with Crippen molar-refractivity contribution < 1.29 is 0 Å². The van der Waals surface area contributed by atoms with Gasteiger partial charge in [-0.1, -0.05) is 30.7 Å². The molecule has 2 unspecified atom stereocenters. The van der Waals surface area contributed by atoms with E-state index in [1.165, 1.54) is 31.3 Å². The monoisotopic (exact) mass is 148 g/mol. The summed E-state index contributed by atoms with van der Waals surface area (Å²) < 4.78 is 0. The third-order valence-electron chi connectivity index (χ3n) is 3.26. The van der Waals surface area contributed by atoms with Crippen LogP contribution in [0.2, 0.25) is 0 Å². The van der Waals surface area contributed by atoms with Crippen LogP contribution < -0.4 is 0 Å². The number of rotatable bonds is 2. The normalized spacial score (nSPS) is 34.1. The van der Waals surface area contributed by atoms with Gasteiger partial charge in [0.05, 0.1) is 0 Å². The lowest BCUT2D eigenvalue weighted by molar-refractivity contribution is 0.438. The van der Waals surface area contributed by atoms with Gasteiger partial charge in [0.2, 0.25) is 0 Å². The highest BCUT2D eigenvalue weighted by atomic mass is 14.4. The molecule has 2 bridgehead atoms.